The number of amides is 2. The van der Waals surface area contributed by atoms with Crippen LogP contribution in [0.3, 0.4) is 0 Å². The van der Waals surface area contributed by atoms with E-state index in [1.807, 2.05) is 19.9 Å². The van der Waals surface area contributed by atoms with Gasteiger partial charge in [-0.2, -0.15) is 0 Å². The molecule has 0 aliphatic carbocycles. The predicted octanol–water partition coefficient (Wildman–Crippen LogP) is 4.70. The molecule has 2 aromatic rings. The Balaban J connectivity index is 1.66. The Bertz CT molecular complexity index is 857. The summed E-state index contributed by atoms with van der Waals surface area (Å²) in [4.78, 5) is 14.3. The third kappa shape index (κ3) is 3.79. The maximum atomic E-state index is 13.4. The standard InChI is InChI=1S/C20H24FN3O2/c1-12-9-16(5-6-18(12)21)10-17-7-8-24(11-13(17)2)20(25)22-19-14(3)15(4)23-26-19/h5-6,9-10,13H,7-8,11H2,1-4H3,(H,22,25)/b17-10+. The van der Waals surface area contributed by atoms with Crippen molar-refractivity contribution in [1.82, 2.24) is 10.1 Å². The number of benzene rings is 1. The molecule has 1 unspecified atom stereocenters. The van der Waals surface area contributed by atoms with E-state index in [1.165, 1.54) is 11.6 Å². The van der Waals surface area contributed by atoms with Crippen molar-refractivity contribution >= 4 is 18.0 Å². The average Bonchev–Trinajstić information content (AvgIpc) is 2.92. The van der Waals surface area contributed by atoms with Crippen LogP contribution in [0.2, 0.25) is 0 Å². The molecule has 26 heavy (non-hydrogen) atoms. The highest BCUT2D eigenvalue weighted by Gasteiger charge is 2.25. The van der Waals surface area contributed by atoms with Gasteiger partial charge in [0, 0.05) is 18.7 Å². The highest BCUT2D eigenvalue weighted by Crippen LogP contribution is 2.26. The van der Waals surface area contributed by atoms with Crippen molar-refractivity contribution in [3.05, 3.63) is 52.0 Å². The quantitative estimate of drug-likeness (QED) is 0.848. The number of piperidine rings is 1. The smallest absolute Gasteiger partial charge is 0.324 e. The van der Waals surface area contributed by atoms with Gasteiger partial charge in [-0.25, -0.2) is 9.18 Å². The normalized spacial score (nSPS) is 19.0. The van der Waals surface area contributed by atoms with Crippen LogP contribution >= 0.6 is 0 Å². The molecule has 1 aliphatic heterocycles. The summed E-state index contributed by atoms with van der Waals surface area (Å²) < 4.78 is 18.6. The van der Waals surface area contributed by atoms with Gasteiger partial charge in [0.15, 0.2) is 0 Å². The molecule has 6 heteroatoms. The number of nitrogens with zero attached hydrogens (tertiary/aromatic N) is 2. The maximum Gasteiger partial charge on any atom is 0.324 e. The van der Waals surface area contributed by atoms with Gasteiger partial charge in [0.1, 0.15) is 5.82 Å². The molecule has 3 rings (SSSR count). The van der Waals surface area contributed by atoms with E-state index >= 15 is 0 Å². The maximum absolute atomic E-state index is 13.4. The first-order chi connectivity index (χ1) is 12.3. The molecule has 1 fully saturated rings. The summed E-state index contributed by atoms with van der Waals surface area (Å²) in [5, 5.41) is 6.65. The van der Waals surface area contributed by atoms with Crippen LogP contribution in [0, 0.1) is 32.5 Å². The van der Waals surface area contributed by atoms with Crippen LogP contribution in [0.4, 0.5) is 15.1 Å². The fraction of sp³-hybridized carbons (Fsp3) is 0.400. The monoisotopic (exact) mass is 357 g/mol. The summed E-state index contributed by atoms with van der Waals surface area (Å²) in [6.07, 6.45) is 2.90. The topological polar surface area (TPSA) is 58.4 Å². The van der Waals surface area contributed by atoms with Gasteiger partial charge < -0.3 is 9.42 Å². The molecule has 1 N–H and O–H groups in total. The Labute approximate surface area is 152 Å². The number of carbonyl (C=O) groups is 1. The van der Waals surface area contributed by atoms with E-state index in [2.05, 4.69) is 23.5 Å². The van der Waals surface area contributed by atoms with E-state index in [9.17, 15) is 9.18 Å². The summed E-state index contributed by atoms with van der Waals surface area (Å²) >= 11 is 0. The summed E-state index contributed by atoms with van der Waals surface area (Å²) in [7, 11) is 0. The van der Waals surface area contributed by atoms with Crippen LogP contribution in [0.25, 0.3) is 6.08 Å². The van der Waals surface area contributed by atoms with E-state index in [0.717, 1.165) is 23.2 Å². The number of rotatable bonds is 2. The number of hydrogen-bond acceptors (Lipinski definition) is 3. The number of aromatic nitrogens is 1. The van der Waals surface area contributed by atoms with E-state index < -0.39 is 0 Å². The Kier molecular flexibility index (Phi) is 5.11. The number of aryl methyl sites for hydroxylation is 2. The predicted molar refractivity (Wildman–Crippen MR) is 99.5 cm³/mol. The van der Waals surface area contributed by atoms with Gasteiger partial charge in [0.05, 0.1) is 5.69 Å². The number of urea groups is 1. The molecule has 1 aromatic heterocycles. The second kappa shape index (κ2) is 7.32. The zero-order valence-electron chi connectivity index (χ0n) is 15.6. The lowest BCUT2D eigenvalue weighted by Gasteiger charge is -2.33. The summed E-state index contributed by atoms with van der Waals surface area (Å²) in [5.41, 5.74) is 4.52. The van der Waals surface area contributed by atoms with Gasteiger partial charge in [0.25, 0.3) is 0 Å². The van der Waals surface area contributed by atoms with Gasteiger partial charge in [-0.1, -0.05) is 29.8 Å². The van der Waals surface area contributed by atoms with E-state index in [1.54, 1.807) is 17.9 Å². The van der Waals surface area contributed by atoms with E-state index in [-0.39, 0.29) is 17.8 Å². The van der Waals surface area contributed by atoms with Crippen LogP contribution < -0.4 is 5.32 Å². The lowest BCUT2D eigenvalue weighted by molar-refractivity contribution is 0.197. The Hall–Kier alpha value is -2.63. The van der Waals surface area contributed by atoms with Crippen LogP contribution in [-0.4, -0.2) is 29.2 Å². The van der Waals surface area contributed by atoms with Crippen LogP contribution in [0.5, 0.6) is 0 Å². The van der Waals surface area contributed by atoms with Gasteiger partial charge in [-0.15, -0.1) is 0 Å². The molecule has 2 heterocycles. The highest BCUT2D eigenvalue weighted by atomic mass is 19.1. The lowest BCUT2D eigenvalue weighted by atomic mass is 9.91. The molecule has 5 nitrogen and oxygen atoms in total. The molecule has 2 amide bonds. The van der Waals surface area contributed by atoms with Gasteiger partial charge in [-0.05, 0) is 56.4 Å². The van der Waals surface area contributed by atoms with E-state index in [4.69, 9.17) is 4.52 Å². The van der Waals surface area contributed by atoms with Crippen molar-refractivity contribution in [1.29, 1.82) is 0 Å². The molecular formula is C20H24FN3O2. The summed E-state index contributed by atoms with van der Waals surface area (Å²) in [5.74, 6) is 0.449. The number of likely N-dealkylation sites (tertiary alicyclic amines) is 1. The molecule has 0 spiro atoms. The molecule has 1 atom stereocenters. The SMILES string of the molecule is Cc1cc(/C=C2\CCN(C(=O)Nc3onc(C)c3C)CC2C)ccc1F. The van der Waals surface area contributed by atoms with Gasteiger partial charge in [0.2, 0.25) is 5.88 Å². The van der Waals surface area contributed by atoms with Crippen molar-refractivity contribution in [2.45, 2.75) is 34.1 Å². The molecular weight excluding hydrogens is 333 g/mol. The minimum absolute atomic E-state index is 0.173. The largest absolute Gasteiger partial charge is 0.338 e. The lowest BCUT2D eigenvalue weighted by Crippen LogP contribution is -2.42. The number of hydrogen-bond donors (Lipinski definition) is 1. The Morgan fingerprint density at radius 3 is 2.77 bits per heavy atom. The number of carbonyl (C=O) groups excluding carboxylic acids is 1. The zero-order valence-corrected chi connectivity index (χ0v) is 15.6. The van der Waals surface area contributed by atoms with Gasteiger partial charge >= 0.3 is 6.03 Å². The first-order valence-corrected chi connectivity index (χ1v) is 8.80. The van der Waals surface area contributed by atoms with Crippen LogP contribution in [0.1, 0.15) is 35.7 Å². The molecule has 0 radical (unpaired) electrons. The fourth-order valence-corrected chi connectivity index (χ4v) is 3.13. The average molecular weight is 357 g/mol. The van der Waals surface area contributed by atoms with Crippen LogP contribution in [-0.2, 0) is 0 Å². The van der Waals surface area contributed by atoms with Crippen molar-refractivity contribution in [3.63, 3.8) is 0 Å². The first-order valence-electron chi connectivity index (χ1n) is 8.80. The number of anilines is 1. The Morgan fingerprint density at radius 1 is 1.38 bits per heavy atom. The van der Waals surface area contributed by atoms with E-state index in [0.29, 0.717) is 24.5 Å². The Morgan fingerprint density at radius 2 is 2.15 bits per heavy atom. The zero-order chi connectivity index (χ0) is 18.8. The minimum Gasteiger partial charge on any atom is -0.338 e. The number of nitrogens with one attached hydrogen (secondary N) is 1. The fourth-order valence-electron chi connectivity index (χ4n) is 3.13. The third-order valence-corrected chi connectivity index (χ3v) is 5.00. The molecule has 0 bridgehead atoms. The molecule has 1 aliphatic rings. The molecule has 0 saturated carbocycles. The van der Waals surface area contributed by atoms with Crippen molar-refractivity contribution in [3.8, 4) is 0 Å². The number of halogens is 1. The first kappa shape index (κ1) is 18.2. The highest BCUT2D eigenvalue weighted by molar-refractivity contribution is 5.88. The summed E-state index contributed by atoms with van der Waals surface area (Å²) in [6, 6.07) is 4.96. The van der Waals surface area contributed by atoms with Gasteiger partial charge in [-0.3, -0.25) is 5.32 Å². The second-order valence-corrected chi connectivity index (χ2v) is 6.98. The molecule has 1 saturated heterocycles. The third-order valence-electron chi connectivity index (χ3n) is 5.00. The molecule has 1 aromatic carbocycles. The van der Waals surface area contributed by atoms with Crippen molar-refractivity contribution in [2.24, 2.45) is 5.92 Å². The second-order valence-electron chi connectivity index (χ2n) is 6.98. The van der Waals surface area contributed by atoms with Crippen molar-refractivity contribution < 1.29 is 13.7 Å². The summed E-state index contributed by atoms with van der Waals surface area (Å²) in [6.45, 7) is 8.84. The minimum atomic E-state index is -0.190. The van der Waals surface area contributed by atoms with Crippen molar-refractivity contribution in [2.75, 3.05) is 18.4 Å². The van der Waals surface area contributed by atoms with Crippen LogP contribution in [0.15, 0.2) is 28.3 Å². The molecule has 138 valence electrons.